The highest BCUT2D eigenvalue weighted by Gasteiger charge is 2.09. The van der Waals surface area contributed by atoms with Crippen molar-refractivity contribution in [3.8, 4) is 10.4 Å². The van der Waals surface area contributed by atoms with Crippen LogP contribution in [0.15, 0.2) is 30.3 Å². The molecule has 4 heteroatoms. The summed E-state index contributed by atoms with van der Waals surface area (Å²) in [6.45, 7) is 5.01. The Morgan fingerprint density at radius 3 is 2.78 bits per heavy atom. The van der Waals surface area contributed by atoms with E-state index in [1.165, 1.54) is 10.9 Å². The number of nitrogens with one attached hydrogen (secondary N) is 1. The number of rotatable bonds is 4. The lowest BCUT2D eigenvalue weighted by molar-refractivity contribution is 0.593. The molecule has 0 spiro atoms. The van der Waals surface area contributed by atoms with E-state index in [9.17, 15) is 4.39 Å². The lowest BCUT2D eigenvalue weighted by atomic mass is 10.2. The van der Waals surface area contributed by atoms with Gasteiger partial charge in [-0.05, 0) is 30.3 Å². The van der Waals surface area contributed by atoms with E-state index in [0.29, 0.717) is 16.6 Å². The standard InChI is InChI=1S/C14H15ClFNS/c1-9(2)17-8-11-4-6-14(18-11)12-7-10(15)3-5-13(12)16/h3-7,9,17H,8H2,1-2H3. The molecule has 0 fully saturated rings. The fourth-order valence-corrected chi connectivity index (χ4v) is 2.76. The minimum Gasteiger partial charge on any atom is -0.310 e. The molecule has 1 aromatic carbocycles. The van der Waals surface area contributed by atoms with Gasteiger partial charge in [0.2, 0.25) is 0 Å². The largest absolute Gasteiger partial charge is 0.310 e. The average Bonchev–Trinajstić information content (AvgIpc) is 2.78. The van der Waals surface area contributed by atoms with Crippen LogP contribution in [0.5, 0.6) is 0 Å². The van der Waals surface area contributed by atoms with E-state index in [1.807, 2.05) is 12.1 Å². The molecule has 0 aliphatic heterocycles. The minimum atomic E-state index is -0.232. The Morgan fingerprint density at radius 1 is 1.28 bits per heavy atom. The van der Waals surface area contributed by atoms with Crippen LogP contribution in [-0.4, -0.2) is 6.04 Å². The number of hydrogen-bond donors (Lipinski definition) is 1. The van der Waals surface area contributed by atoms with Gasteiger partial charge in [-0.3, -0.25) is 0 Å². The molecule has 1 N–H and O–H groups in total. The number of thiophene rings is 1. The predicted octanol–water partition coefficient (Wildman–Crippen LogP) is 4.71. The van der Waals surface area contributed by atoms with Crippen LogP contribution in [0.4, 0.5) is 4.39 Å². The van der Waals surface area contributed by atoms with Crippen LogP contribution in [-0.2, 0) is 6.54 Å². The van der Waals surface area contributed by atoms with Gasteiger partial charge in [0.15, 0.2) is 0 Å². The van der Waals surface area contributed by atoms with Crippen molar-refractivity contribution in [2.75, 3.05) is 0 Å². The van der Waals surface area contributed by atoms with Crippen LogP contribution in [0.1, 0.15) is 18.7 Å². The van der Waals surface area contributed by atoms with Crippen molar-refractivity contribution in [2.24, 2.45) is 0 Å². The molecule has 1 heterocycles. The molecule has 0 atom stereocenters. The van der Waals surface area contributed by atoms with Crippen molar-refractivity contribution in [1.82, 2.24) is 5.32 Å². The molecule has 1 aromatic heterocycles. The Morgan fingerprint density at radius 2 is 2.06 bits per heavy atom. The summed E-state index contributed by atoms with van der Waals surface area (Å²) in [7, 11) is 0. The zero-order valence-electron chi connectivity index (χ0n) is 10.3. The number of hydrogen-bond acceptors (Lipinski definition) is 2. The summed E-state index contributed by atoms with van der Waals surface area (Å²) >= 11 is 7.49. The molecule has 1 nitrogen and oxygen atoms in total. The third-order valence-electron chi connectivity index (χ3n) is 2.54. The van der Waals surface area contributed by atoms with Gasteiger partial charge >= 0.3 is 0 Å². The van der Waals surface area contributed by atoms with Crippen LogP contribution >= 0.6 is 22.9 Å². The first-order valence-corrected chi connectivity index (χ1v) is 7.03. The Bertz CT molecular complexity index is 536. The minimum absolute atomic E-state index is 0.232. The molecule has 0 bridgehead atoms. The third kappa shape index (κ3) is 3.31. The zero-order chi connectivity index (χ0) is 13.1. The predicted molar refractivity (Wildman–Crippen MR) is 76.7 cm³/mol. The molecule has 0 saturated carbocycles. The molecule has 0 amide bonds. The molecule has 0 unspecified atom stereocenters. The molecule has 96 valence electrons. The van der Waals surface area contributed by atoms with Gasteiger partial charge in [-0.1, -0.05) is 25.4 Å². The van der Waals surface area contributed by atoms with E-state index in [1.54, 1.807) is 23.5 Å². The topological polar surface area (TPSA) is 12.0 Å². The molecule has 0 saturated heterocycles. The van der Waals surface area contributed by atoms with Crippen molar-refractivity contribution in [2.45, 2.75) is 26.4 Å². The first kappa shape index (κ1) is 13.5. The summed E-state index contributed by atoms with van der Waals surface area (Å²) in [5.74, 6) is -0.232. The van der Waals surface area contributed by atoms with Crippen LogP contribution in [0, 0.1) is 5.82 Å². The fourth-order valence-electron chi connectivity index (χ4n) is 1.61. The van der Waals surface area contributed by atoms with E-state index in [2.05, 4.69) is 19.2 Å². The molecule has 0 aliphatic carbocycles. The maximum atomic E-state index is 13.7. The monoisotopic (exact) mass is 283 g/mol. The first-order chi connectivity index (χ1) is 8.56. The molecule has 0 radical (unpaired) electrons. The first-order valence-electron chi connectivity index (χ1n) is 5.84. The van der Waals surface area contributed by atoms with Crippen LogP contribution in [0.3, 0.4) is 0 Å². The SMILES string of the molecule is CC(C)NCc1ccc(-c2cc(Cl)ccc2F)s1. The molecular weight excluding hydrogens is 269 g/mol. The fraction of sp³-hybridized carbons (Fsp3) is 0.286. The average molecular weight is 284 g/mol. The summed E-state index contributed by atoms with van der Waals surface area (Å²) in [5.41, 5.74) is 0.572. The second-order valence-corrected chi connectivity index (χ2v) is 6.03. The smallest absolute Gasteiger partial charge is 0.131 e. The Kier molecular flexibility index (Phi) is 4.38. The summed E-state index contributed by atoms with van der Waals surface area (Å²) in [4.78, 5) is 2.11. The Hall–Kier alpha value is -0.900. The quantitative estimate of drug-likeness (QED) is 0.857. The van der Waals surface area contributed by atoms with E-state index in [-0.39, 0.29) is 5.82 Å². The van der Waals surface area contributed by atoms with Crippen LogP contribution < -0.4 is 5.32 Å². The van der Waals surface area contributed by atoms with E-state index in [0.717, 1.165) is 11.4 Å². The maximum Gasteiger partial charge on any atom is 0.131 e. The van der Waals surface area contributed by atoms with Crippen molar-refractivity contribution in [3.05, 3.63) is 46.0 Å². The van der Waals surface area contributed by atoms with Crippen molar-refractivity contribution in [1.29, 1.82) is 0 Å². The molecule has 2 rings (SSSR count). The van der Waals surface area contributed by atoms with Gasteiger partial charge in [-0.15, -0.1) is 11.3 Å². The van der Waals surface area contributed by atoms with Gasteiger partial charge in [-0.25, -0.2) is 4.39 Å². The number of benzene rings is 1. The molecular formula is C14H15ClFNS. The van der Waals surface area contributed by atoms with Crippen LogP contribution in [0.2, 0.25) is 5.02 Å². The van der Waals surface area contributed by atoms with Crippen molar-refractivity contribution in [3.63, 3.8) is 0 Å². The van der Waals surface area contributed by atoms with Gasteiger partial charge in [0.1, 0.15) is 5.82 Å². The van der Waals surface area contributed by atoms with Gasteiger partial charge in [-0.2, -0.15) is 0 Å². The maximum absolute atomic E-state index is 13.7. The Labute approximate surface area is 116 Å². The van der Waals surface area contributed by atoms with Gasteiger partial charge in [0.25, 0.3) is 0 Å². The molecule has 18 heavy (non-hydrogen) atoms. The highest BCUT2D eigenvalue weighted by molar-refractivity contribution is 7.15. The summed E-state index contributed by atoms with van der Waals surface area (Å²) in [5, 5.41) is 3.90. The van der Waals surface area contributed by atoms with Gasteiger partial charge < -0.3 is 5.32 Å². The molecule has 0 aliphatic rings. The van der Waals surface area contributed by atoms with Gasteiger partial charge in [0, 0.05) is 32.9 Å². The van der Waals surface area contributed by atoms with E-state index in [4.69, 9.17) is 11.6 Å². The Balaban J connectivity index is 2.21. The number of halogens is 2. The summed E-state index contributed by atoms with van der Waals surface area (Å²) in [6.07, 6.45) is 0. The van der Waals surface area contributed by atoms with Gasteiger partial charge in [0.05, 0.1) is 0 Å². The van der Waals surface area contributed by atoms with Crippen LogP contribution in [0.25, 0.3) is 10.4 Å². The van der Waals surface area contributed by atoms with Crippen molar-refractivity contribution >= 4 is 22.9 Å². The molecule has 2 aromatic rings. The zero-order valence-corrected chi connectivity index (χ0v) is 11.9. The van der Waals surface area contributed by atoms with E-state index >= 15 is 0 Å². The summed E-state index contributed by atoms with van der Waals surface area (Å²) < 4.78 is 13.7. The second-order valence-electron chi connectivity index (χ2n) is 4.43. The lowest BCUT2D eigenvalue weighted by Gasteiger charge is -2.05. The second kappa shape index (κ2) is 5.83. The van der Waals surface area contributed by atoms with E-state index < -0.39 is 0 Å². The highest BCUT2D eigenvalue weighted by Crippen LogP contribution is 2.31. The summed E-state index contributed by atoms with van der Waals surface area (Å²) in [6, 6.07) is 9.05. The lowest BCUT2D eigenvalue weighted by Crippen LogP contribution is -2.21. The third-order valence-corrected chi connectivity index (χ3v) is 3.89. The highest BCUT2D eigenvalue weighted by atomic mass is 35.5. The van der Waals surface area contributed by atoms with Crippen molar-refractivity contribution < 1.29 is 4.39 Å². The normalized spacial score (nSPS) is 11.2.